The summed E-state index contributed by atoms with van der Waals surface area (Å²) >= 11 is 5.14. The van der Waals surface area contributed by atoms with Crippen LogP contribution < -0.4 is 4.72 Å². The monoisotopic (exact) mass is 428 g/mol. The molecule has 1 heterocycles. The van der Waals surface area contributed by atoms with Crippen molar-refractivity contribution in [1.29, 1.82) is 0 Å². The van der Waals surface area contributed by atoms with Crippen LogP contribution in [0.1, 0.15) is 36.8 Å². The van der Waals surface area contributed by atoms with Crippen LogP contribution in [-0.4, -0.2) is 28.7 Å². The average Bonchev–Trinajstić information content (AvgIpc) is 3.10. The van der Waals surface area contributed by atoms with Crippen LogP contribution in [0.3, 0.4) is 0 Å². The molecule has 152 valence electrons. The average molecular weight is 429 g/mol. The Morgan fingerprint density at radius 1 is 1.14 bits per heavy atom. The van der Waals surface area contributed by atoms with Gasteiger partial charge in [-0.2, -0.15) is 13.2 Å². The van der Waals surface area contributed by atoms with Gasteiger partial charge in [-0.05, 0) is 73.8 Å². The summed E-state index contributed by atoms with van der Waals surface area (Å²) in [5.41, 5.74) is 1.03. The first-order valence-corrected chi connectivity index (χ1v) is 11.7. The van der Waals surface area contributed by atoms with E-state index in [1.54, 1.807) is 0 Å². The molecule has 1 aliphatic rings. The van der Waals surface area contributed by atoms with Gasteiger partial charge in [-0.25, -0.2) is 4.21 Å². The summed E-state index contributed by atoms with van der Waals surface area (Å²) in [6.07, 6.45) is -2.17. The van der Waals surface area contributed by atoms with E-state index >= 15 is 0 Å². The van der Waals surface area contributed by atoms with Gasteiger partial charge in [0, 0.05) is 23.4 Å². The molecule has 3 rings (SSSR count). The lowest BCUT2D eigenvalue weighted by Gasteiger charge is -2.16. The Morgan fingerprint density at radius 2 is 1.79 bits per heavy atom. The third-order valence-electron chi connectivity index (χ3n) is 4.94. The Labute approximate surface area is 168 Å². The van der Waals surface area contributed by atoms with Gasteiger partial charge < -0.3 is 9.62 Å². The number of benzene rings is 2. The number of nitrogens with zero attached hydrogens (tertiary/aromatic N) is 1. The highest BCUT2D eigenvalue weighted by Crippen LogP contribution is 2.31. The third kappa shape index (κ3) is 5.04. The minimum absolute atomic E-state index is 0.158. The molecule has 0 radical (unpaired) electrons. The molecule has 1 unspecified atom stereocenters. The number of halogens is 3. The molecule has 0 amide bonds. The quantitative estimate of drug-likeness (QED) is 0.700. The minimum atomic E-state index is -4.43. The summed E-state index contributed by atoms with van der Waals surface area (Å²) in [5, 5.41) is 0. The van der Waals surface area contributed by atoms with Gasteiger partial charge in [0.2, 0.25) is 0 Å². The Balaban J connectivity index is 1.68. The van der Waals surface area contributed by atoms with Crippen molar-refractivity contribution in [3.8, 4) is 0 Å². The van der Waals surface area contributed by atoms with Crippen LogP contribution in [0.4, 0.5) is 18.9 Å². The molecule has 2 aromatic rings. The highest BCUT2D eigenvalue weighted by atomic mass is 32.8. The fourth-order valence-corrected chi connectivity index (χ4v) is 5.17. The van der Waals surface area contributed by atoms with Crippen molar-refractivity contribution in [3.05, 3.63) is 59.7 Å². The summed E-state index contributed by atoms with van der Waals surface area (Å²) in [4.78, 5) is 2.61. The van der Waals surface area contributed by atoms with Crippen molar-refractivity contribution in [2.24, 2.45) is 0 Å². The highest BCUT2D eigenvalue weighted by Gasteiger charge is 2.30. The van der Waals surface area contributed by atoms with E-state index in [4.69, 9.17) is 11.2 Å². The lowest BCUT2D eigenvalue weighted by atomic mass is 9.98. The normalized spacial score (nSPS) is 20.1. The van der Waals surface area contributed by atoms with Gasteiger partial charge >= 0.3 is 6.18 Å². The SMILES string of the molecule is CCCN1CC[C@@H](c2ccc(NS(=O)(=S)c3ccc(C(F)(F)F)cc3)cc2)C1. The Kier molecular flexibility index (Phi) is 6.31. The number of anilines is 1. The zero-order valence-corrected chi connectivity index (χ0v) is 17.2. The first-order valence-electron chi connectivity index (χ1n) is 9.21. The smallest absolute Gasteiger partial charge is 0.303 e. The maximum atomic E-state index is 12.8. The molecule has 1 saturated heterocycles. The zero-order chi connectivity index (χ0) is 20.4. The van der Waals surface area contributed by atoms with Crippen LogP contribution >= 0.6 is 0 Å². The maximum absolute atomic E-state index is 12.8. The van der Waals surface area contributed by atoms with Crippen LogP contribution in [-0.2, 0) is 26.0 Å². The molecule has 1 aliphatic heterocycles. The summed E-state index contributed by atoms with van der Waals surface area (Å²) in [7, 11) is -3.12. The van der Waals surface area contributed by atoms with Crippen LogP contribution in [0.15, 0.2) is 53.4 Å². The van der Waals surface area contributed by atoms with E-state index in [0.29, 0.717) is 11.6 Å². The molecule has 8 heteroatoms. The molecule has 2 aromatic carbocycles. The molecule has 2 atom stereocenters. The van der Waals surface area contributed by atoms with Crippen molar-refractivity contribution in [2.45, 2.75) is 36.8 Å². The van der Waals surface area contributed by atoms with E-state index in [-0.39, 0.29) is 4.90 Å². The number of alkyl halides is 3. The number of hydrogen-bond donors (Lipinski definition) is 1. The molecule has 0 aliphatic carbocycles. The topological polar surface area (TPSA) is 32.3 Å². The summed E-state index contributed by atoms with van der Waals surface area (Å²) < 4.78 is 53.6. The van der Waals surface area contributed by atoms with E-state index in [1.165, 1.54) is 17.7 Å². The second kappa shape index (κ2) is 8.39. The van der Waals surface area contributed by atoms with E-state index in [9.17, 15) is 17.4 Å². The van der Waals surface area contributed by atoms with E-state index in [0.717, 1.165) is 44.6 Å². The lowest BCUT2D eigenvalue weighted by Crippen LogP contribution is -2.20. The van der Waals surface area contributed by atoms with Gasteiger partial charge in [-0.15, -0.1) is 0 Å². The molecule has 1 fully saturated rings. The van der Waals surface area contributed by atoms with Gasteiger partial charge in [0.15, 0.2) is 0 Å². The van der Waals surface area contributed by atoms with Gasteiger partial charge in [-0.1, -0.05) is 19.1 Å². The van der Waals surface area contributed by atoms with Crippen molar-refractivity contribution < 1.29 is 17.4 Å². The second-order valence-corrected chi connectivity index (χ2v) is 10.1. The van der Waals surface area contributed by atoms with Crippen LogP contribution in [0.2, 0.25) is 0 Å². The van der Waals surface area contributed by atoms with Gasteiger partial charge in [0.05, 0.1) is 10.5 Å². The van der Waals surface area contributed by atoms with E-state index < -0.39 is 20.4 Å². The molecular weight excluding hydrogens is 405 g/mol. The second-order valence-electron chi connectivity index (χ2n) is 7.04. The molecule has 0 bridgehead atoms. The summed E-state index contributed by atoms with van der Waals surface area (Å²) in [6.45, 7) is 5.44. The van der Waals surface area contributed by atoms with E-state index in [1.807, 2.05) is 24.3 Å². The van der Waals surface area contributed by atoms with Crippen LogP contribution in [0, 0.1) is 0 Å². The first-order chi connectivity index (χ1) is 13.2. The molecule has 3 nitrogen and oxygen atoms in total. The van der Waals surface area contributed by atoms with Gasteiger partial charge in [-0.3, -0.25) is 0 Å². The van der Waals surface area contributed by atoms with Crippen molar-refractivity contribution in [2.75, 3.05) is 24.4 Å². The van der Waals surface area contributed by atoms with Crippen molar-refractivity contribution in [3.63, 3.8) is 0 Å². The maximum Gasteiger partial charge on any atom is 0.416 e. The predicted octanol–water partition coefficient (Wildman–Crippen LogP) is 5.04. The Bertz CT molecular complexity index is 895. The summed E-state index contributed by atoms with van der Waals surface area (Å²) in [5.74, 6) is 0.489. The zero-order valence-electron chi connectivity index (χ0n) is 15.5. The molecular formula is C20H23F3N2OS2. The van der Waals surface area contributed by atoms with Crippen molar-refractivity contribution in [1.82, 2.24) is 4.90 Å². The van der Waals surface area contributed by atoms with E-state index in [2.05, 4.69) is 16.5 Å². The number of likely N-dealkylation sites (tertiary alicyclic amines) is 1. The van der Waals surface area contributed by atoms with Crippen LogP contribution in [0.5, 0.6) is 0 Å². The summed E-state index contributed by atoms with van der Waals surface area (Å²) in [6, 6.07) is 11.8. The Morgan fingerprint density at radius 3 is 2.36 bits per heavy atom. The van der Waals surface area contributed by atoms with Gasteiger partial charge in [0.1, 0.15) is 8.68 Å². The molecule has 0 saturated carbocycles. The highest BCUT2D eigenvalue weighted by molar-refractivity contribution is 8.33. The standard InChI is InChI=1S/C20H23F3N2OS2/c1-2-12-25-13-11-16(14-25)15-3-7-18(8-4-15)24-28(26,27)19-9-5-17(6-10-19)20(21,22)23/h3-10,16,24H,2,11-14H2,1H3/t16-,28?/m1/s1. The van der Waals surface area contributed by atoms with Gasteiger partial charge in [0.25, 0.3) is 0 Å². The number of nitrogens with one attached hydrogen (secondary N) is 1. The predicted molar refractivity (Wildman–Crippen MR) is 109 cm³/mol. The minimum Gasteiger partial charge on any atom is -0.303 e. The largest absolute Gasteiger partial charge is 0.416 e. The lowest BCUT2D eigenvalue weighted by molar-refractivity contribution is -0.137. The Hall–Kier alpha value is -1.64. The third-order valence-corrected chi connectivity index (χ3v) is 7.16. The fraction of sp³-hybridized carbons (Fsp3) is 0.400. The molecule has 0 spiro atoms. The first kappa shape index (κ1) is 21.1. The molecule has 28 heavy (non-hydrogen) atoms. The van der Waals surface area contributed by atoms with Crippen molar-refractivity contribution >= 4 is 25.6 Å². The van der Waals surface area contributed by atoms with Crippen LogP contribution in [0.25, 0.3) is 0 Å². The molecule has 1 N–H and O–H groups in total. The fourth-order valence-electron chi connectivity index (χ4n) is 3.48. The number of rotatable bonds is 6. The molecule has 0 aromatic heterocycles. The number of hydrogen-bond acceptors (Lipinski definition) is 3.